The first kappa shape index (κ1) is 21.9. The van der Waals surface area contributed by atoms with Crippen molar-refractivity contribution in [3.05, 3.63) is 95.4 Å². The Morgan fingerprint density at radius 1 is 0.973 bits per heavy atom. The molecule has 37 heavy (non-hydrogen) atoms. The second-order valence-electron chi connectivity index (χ2n) is 10.1. The summed E-state index contributed by atoms with van der Waals surface area (Å²) in [5, 5.41) is 7.22. The average molecular weight is 495 g/mol. The predicted molar refractivity (Wildman–Crippen MR) is 136 cm³/mol. The molecule has 8 heteroatoms. The molecule has 3 aromatic carbocycles. The van der Waals surface area contributed by atoms with Crippen LogP contribution in [0.15, 0.2) is 72.9 Å². The van der Waals surface area contributed by atoms with Crippen LogP contribution in [0.5, 0.6) is 0 Å². The highest BCUT2D eigenvalue weighted by molar-refractivity contribution is 6.25. The minimum absolute atomic E-state index is 0.354. The number of aromatic amines is 1. The zero-order chi connectivity index (χ0) is 25.5. The third-order valence-corrected chi connectivity index (χ3v) is 8.05. The molecular weight excluding hydrogens is 471 g/mol. The van der Waals surface area contributed by atoms with Gasteiger partial charge in [0, 0.05) is 34.4 Å². The number of aromatic nitrogens is 1. The van der Waals surface area contributed by atoms with Crippen molar-refractivity contribution in [2.45, 2.75) is 24.9 Å². The standard InChI is InChI=1S/C29H23FN4O3/c1-15-5-4-6-18(11-15)34-26(35)24-23(12-16-14-31-21-8-3-2-7-19(16)21)33-29(25(24)27(34)36)20-13-17(30)9-10-22(20)32-28(29)37/h2-11,13-14,23-25,31,33H,12H2,1H3,(H,32,37)/t23-,24+,25-,29-/m0/s1. The van der Waals surface area contributed by atoms with Crippen molar-refractivity contribution in [3.8, 4) is 0 Å². The second-order valence-corrected chi connectivity index (χ2v) is 10.1. The molecule has 7 rings (SSSR count). The lowest BCUT2D eigenvalue weighted by atomic mass is 9.76. The van der Waals surface area contributed by atoms with Crippen LogP contribution in [0.1, 0.15) is 16.7 Å². The van der Waals surface area contributed by atoms with Gasteiger partial charge in [-0.05, 0) is 60.9 Å². The SMILES string of the molecule is Cc1cccc(N2C(=O)[C@@H]3[C@H](Cc4c[nH]c5ccccc45)N[C@]4(C(=O)Nc5ccc(F)cc54)[C@@H]3C2=O)c1. The normalized spacial score (nSPS) is 26.3. The summed E-state index contributed by atoms with van der Waals surface area (Å²) in [5.74, 6) is -3.59. The number of nitrogens with one attached hydrogen (secondary N) is 3. The molecule has 2 saturated heterocycles. The number of para-hydroxylation sites is 1. The van der Waals surface area contributed by atoms with E-state index in [1.165, 1.54) is 23.1 Å². The van der Waals surface area contributed by atoms with Gasteiger partial charge in [0.2, 0.25) is 17.7 Å². The number of aryl methyl sites for hydroxylation is 1. The molecule has 1 spiro atoms. The molecule has 4 atom stereocenters. The van der Waals surface area contributed by atoms with Crippen LogP contribution in [0.2, 0.25) is 0 Å². The second kappa shape index (κ2) is 7.60. The van der Waals surface area contributed by atoms with Crippen LogP contribution in [0, 0.1) is 24.6 Å². The summed E-state index contributed by atoms with van der Waals surface area (Å²) < 4.78 is 14.5. The van der Waals surface area contributed by atoms with Gasteiger partial charge in [0.05, 0.1) is 17.5 Å². The lowest BCUT2D eigenvalue weighted by Crippen LogP contribution is -2.53. The van der Waals surface area contributed by atoms with Crippen LogP contribution in [0.4, 0.5) is 15.8 Å². The molecule has 3 N–H and O–H groups in total. The highest BCUT2D eigenvalue weighted by Gasteiger charge is 2.70. The average Bonchev–Trinajstić information content (AvgIpc) is 3.58. The van der Waals surface area contributed by atoms with Gasteiger partial charge in [0.15, 0.2) is 0 Å². The van der Waals surface area contributed by atoms with Gasteiger partial charge in [0.25, 0.3) is 0 Å². The fraction of sp³-hybridized carbons (Fsp3) is 0.207. The molecule has 2 fully saturated rings. The van der Waals surface area contributed by atoms with Gasteiger partial charge >= 0.3 is 0 Å². The number of imide groups is 1. The van der Waals surface area contributed by atoms with Gasteiger partial charge < -0.3 is 10.3 Å². The zero-order valence-electron chi connectivity index (χ0n) is 19.9. The Balaban J connectivity index is 1.39. The molecule has 1 aromatic heterocycles. The Kier molecular flexibility index (Phi) is 4.51. The molecule has 0 saturated carbocycles. The molecule has 3 amide bonds. The third-order valence-electron chi connectivity index (χ3n) is 8.05. The van der Waals surface area contributed by atoms with Crippen molar-refractivity contribution >= 4 is 40.0 Å². The van der Waals surface area contributed by atoms with E-state index in [4.69, 9.17) is 0 Å². The molecule has 184 valence electrons. The highest BCUT2D eigenvalue weighted by atomic mass is 19.1. The van der Waals surface area contributed by atoms with E-state index in [2.05, 4.69) is 15.6 Å². The van der Waals surface area contributed by atoms with Crippen molar-refractivity contribution in [1.29, 1.82) is 0 Å². The van der Waals surface area contributed by atoms with Crippen molar-refractivity contribution in [2.75, 3.05) is 10.2 Å². The first-order valence-electron chi connectivity index (χ1n) is 12.3. The summed E-state index contributed by atoms with van der Waals surface area (Å²) in [6.07, 6.45) is 2.31. The van der Waals surface area contributed by atoms with Crippen molar-refractivity contribution < 1.29 is 18.8 Å². The quantitative estimate of drug-likeness (QED) is 0.378. The summed E-state index contributed by atoms with van der Waals surface area (Å²) in [6, 6.07) is 18.6. The zero-order valence-corrected chi connectivity index (χ0v) is 19.9. The van der Waals surface area contributed by atoms with E-state index in [1.807, 2.05) is 43.5 Å². The van der Waals surface area contributed by atoms with E-state index in [1.54, 1.807) is 18.2 Å². The number of fused-ring (bicyclic) bond motifs is 5. The number of carbonyl (C=O) groups excluding carboxylic acids is 3. The molecule has 3 aliphatic heterocycles. The van der Waals surface area contributed by atoms with Crippen molar-refractivity contribution in [3.63, 3.8) is 0 Å². The van der Waals surface area contributed by atoms with Crippen LogP contribution < -0.4 is 15.5 Å². The monoisotopic (exact) mass is 494 g/mol. The lowest BCUT2D eigenvalue weighted by Gasteiger charge is -2.29. The highest BCUT2D eigenvalue weighted by Crippen LogP contribution is 2.54. The number of carbonyl (C=O) groups is 3. The summed E-state index contributed by atoms with van der Waals surface area (Å²) in [7, 11) is 0. The first-order valence-corrected chi connectivity index (χ1v) is 12.3. The molecule has 4 heterocycles. The van der Waals surface area contributed by atoms with E-state index in [-0.39, 0.29) is 5.91 Å². The Labute approximate surface area is 211 Å². The van der Waals surface area contributed by atoms with Gasteiger partial charge in [-0.25, -0.2) is 9.29 Å². The largest absolute Gasteiger partial charge is 0.361 e. The minimum Gasteiger partial charge on any atom is -0.361 e. The lowest BCUT2D eigenvalue weighted by molar-refractivity contribution is -0.130. The Hall–Kier alpha value is -4.30. The van der Waals surface area contributed by atoms with E-state index in [0.717, 1.165) is 22.0 Å². The van der Waals surface area contributed by atoms with Crippen LogP contribution in [0.25, 0.3) is 10.9 Å². The summed E-state index contributed by atoms with van der Waals surface area (Å²) in [5.41, 5.74) is 2.57. The van der Waals surface area contributed by atoms with E-state index < -0.39 is 41.0 Å². The van der Waals surface area contributed by atoms with Gasteiger partial charge in [0.1, 0.15) is 11.4 Å². The number of benzene rings is 3. The van der Waals surface area contributed by atoms with Crippen LogP contribution in [-0.2, 0) is 26.3 Å². The fourth-order valence-corrected chi connectivity index (χ4v) is 6.51. The number of nitrogens with zero attached hydrogens (tertiary/aromatic N) is 1. The number of hydrogen-bond acceptors (Lipinski definition) is 4. The topological polar surface area (TPSA) is 94.3 Å². The van der Waals surface area contributed by atoms with E-state index in [9.17, 15) is 18.8 Å². The number of hydrogen-bond donors (Lipinski definition) is 3. The maximum atomic E-state index is 14.5. The number of anilines is 2. The first-order chi connectivity index (χ1) is 17.9. The Bertz CT molecular complexity index is 1650. The van der Waals surface area contributed by atoms with E-state index >= 15 is 0 Å². The Morgan fingerprint density at radius 2 is 1.81 bits per heavy atom. The third kappa shape index (κ3) is 2.93. The predicted octanol–water partition coefficient (Wildman–Crippen LogP) is 3.78. The van der Waals surface area contributed by atoms with Gasteiger partial charge in [-0.2, -0.15) is 0 Å². The molecular formula is C29H23FN4O3. The molecule has 4 aromatic rings. The van der Waals surface area contributed by atoms with Crippen molar-refractivity contribution in [2.24, 2.45) is 11.8 Å². The van der Waals surface area contributed by atoms with Crippen LogP contribution >= 0.6 is 0 Å². The number of halogens is 1. The van der Waals surface area contributed by atoms with Gasteiger partial charge in [-0.1, -0.05) is 30.3 Å². The van der Waals surface area contributed by atoms with E-state index in [0.29, 0.717) is 23.4 Å². The minimum atomic E-state index is -1.55. The number of H-pyrrole nitrogens is 1. The maximum absolute atomic E-state index is 14.5. The van der Waals surface area contributed by atoms with Gasteiger partial charge in [-0.15, -0.1) is 0 Å². The molecule has 7 nitrogen and oxygen atoms in total. The van der Waals surface area contributed by atoms with Gasteiger partial charge in [-0.3, -0.25) is 19.7 Å². The molecule has 0 radical (unpaired) electrons. The van der Waals surface area contributed by atoms with Crippen LogP contribution in [-0.4, -0.2) is 28.7 Å². The molecule has 0 unspecified atom stereocenters. The molecule has 0 aliphatic carbocycles. The smallest absolute Gasteiger partial charge is 0.250 e. The summed E-state index contributed by atoms with van der Waals surface area (Å²) >= 11 is 0. The molecule has 3 aliphatic rings. The Morgan fingerprint density at radius 3 is 2.65 bits per heavy atom. The van der Waals surface area contributed by atoms with Crippen molar-refractivity contribution in [1.82, 2.24) is 10.3 Å². The van der Waals surface area contributed by atoms with Crippen LogP contribution in [0.3, 0.4) is 0 Å². The number of amides is 3. The maximum Gasteiger partial charge on any atom is 0.250 e. The summed E-state index contributed by atoms with van der Waals surface area (Å²) in [4.78, 5) is 46.1. The number of rotatable bonds is 3. The fourth-order valence-electron chi connectivity index (χ4n) is 6.51. The molecule has 0 bridgehead atoms. The summed E-state index contributed by atoms with van der Waals surface area (Å²) in [6.45, 7) is 1.89.